The quantitative estimate of drug-likeness (QED) is 0.700. The average molecular weight is 416 g/mol. The number of nitrogens with zero attached hydrogens (tertiary/aromatic N) is 5. The van der Waals surface area contributed by atoms with Gasteiger partial charge in [-0.1, -0.05) is 29.5 Å². The molecule has 1 atom stereocenters. The molecule has 1 unspecified atom stereocenters. The van der Waals surface area contributed by atoms with Gasteiger partial charge in [0, 0.05) is 26.2 Å². The summed E-state index contributed by atoms with van der Waals surface area (Å²) in [5.41, 5.74) is 2.25. The number of ether oxygens (including phenoxy) is 1. The zero-order chi connectivity index (χ0) is 20.2. The Balaban J connectivity index is 1.61. The fourth-order valence-electron chi connectivity index (χ4n) is 3.81. The maximum Gasteiger partial charge on any atom is 0.236 e. The predicted molar refractivity (Wildman–Crippen MR) is 115 cm³/mol. The lowest BCUT2D eigenvalue weighted by Crippen LogP contribution is -2.44. The Kier molecular flexibility index (Phi) is 6.40. The van der Waals surface area contributed by atoms with E-state index in [4.69, 9.17) is 4.74 Å². The van der Waals surface area contributed by atoms with E-state index >= 15 is 0 Å². The summed E-state index contributed by atoms with van der Waals surface area (Å²) >= 11 is 1.49. The van der Waals surface area contributed by atoms with Gasteiger partial charge >= 0.3 is 0 Å². The van der Waals surface area contributed by atoms with Gasteiger partial charge in [-0.2, -0.15) is 0 Å². The van der Waals surface area contributed by atoms with Crippen molar-refractivity contribution < 1.29 is 9.53 Å². The van der Waals surface area contributed by atoms with Crippen LogP contribution in [-0.2, 0) is 9.53 Å². The number of aryl methyl sites for hydroxylation is 1. The molecule has 2 aliphatic heterocycles. The number of rotatable bonds is 5. The summed E-state index contributed by atoms with van der Waals surface area (Å²) in [6.45, 7) is 8.58. The number of aromatic nitrogens is 3. The van der Waals surface area contributed by atoms with Crippen LogP contribution in [0.25, 0.3) is 5.69 Å². The van der Waals surface area contributed by atoms with Gasteiger partial charge < -0.3 is 14.5 Å². The minimum atomic E-state index is -0.226. The van der Waals surface area contributed by atoms with Crippen molar-refractivity contribution >= 4 is 23.6 Å². The Hall–Kier alpha value is -2.06. The number of amides is 1. The molecule has 4 rings (SSSR count). The second-order valence-corrected chi connectivity index (χ2v) is 9.01. The first-order valence-corrected chi connectivity index (χ1v) is 11.3. The van der Waals surface area contributed by atoms with E-state index in [2.05, 4.69) is 50.9 Å². The lowest BCUT2D eigenvalue weighted by atomic mass is 10.1. The Bertz CT molecular complexity index is 826. The highest BCUT2D eigenvalue weighted by Crippen LogP contribution is 2.31. The normalized spacial score (nSPS) is 18.7. The molecule has 1 aromatic heterocycles. The number of thioether (sulfide) groups is 1. The van der Waals surface area contributed by atoms with Gasteiger partial charge in [-0.15, -0.1) is 10.2 Å². The Morgan fingerprint density at radius 3 is 2.41 bits per heavy atom. The van der Waals surface area contributed by atoms with E-state index < -0.39 is 0 Å². The van der Waals surface area contributed by atoms with Crippen LogP contribution in [0.5, 0.6) is 0 Å². The minimum Gasteiger partial charge on any atom is -0.378 e. The van der Waals surface area contributed by atoms with Gasteiger partial charge in [-0.05, 0) is 45.2 Å². The second kappa shape index (κ2) is 9.17. The number of carbonyl (C=O) groups is 1. The van der Waals surface area contributed by atoms with E-state index in [1.165, 1.54) is 36.6 Å². The third kappa shape index (κ3) is 4.59. The van der Waals surface area contributed by atoms with Gasteiger partial charge in [0.1, 0.15) is 0 Å². The lowest BCUT2D eigenvalue weighted by molar-refractivity contribution is -0.134. The van der Waals surface area contributed by atoms with Crippen LogP contribution in [0, 0.1) is 6.92 Å². The Morgan fingerprint density at radius 2 is 1.72 bits per heavy atom. The van der Waals surface area contributed by atoms with E-state index in [0.29, 0.717) is 26.3 Å². The number of anilines is 1. The van der Waals surface area contributed by atoms with Crippen molar-refractivity contribution in [3.8, 4) is 5.69 Å². The largest absolute Gasteiger partial charge is 0.378 e. The van der Waals surface area contributed by atoms with E-state index in [1.54, 1.807) is 0 Å². The predicted octanol–water partition coefficient (Wildman–Crippen LogP) is 2.91. The molecule has 0 N–H and O–H groups in total. The van der Waals surface area contributed by atoms with Crippen molar-refractivity contribution in [1.29, 1.82) is 0 Å². The van der Waals surface area contributed by atoms with Crippen molar-refractivity contribution in [3.05, 3.63) is 29.8 Å². The zero-order valence-electron chi connectivity index (χ0n) is 17.2. The standard InChI is InChI=1S/C21H29N5O2S/c1-16-6-8-18(9-7-16)26-20(25-10-4-3-5-11-25)22-23-21(26)29-17(2)19(27)24-12-14-28-15-13-24/h6-9,17H,3-5,10-15H2,1-2H3. The molecule has 1 aromatic carbocycles. The van der Waals surface area contributed by atoms with Crippen LogP contribution in [0.4, 0.5) is 5.95 Å². The first kappa shape index (κ1) is 20.2. The second-order valence-electron chi connectivity index (χ2n) is 7.70. The summed E-state index contributed by atoms with van der Waals surface area (Å²) in [5, 5.41) is 9.57. The molecular formula is C21H29N5O2S. The average Bonchev–Trinajstić information content (AvgIpc) is 3.18. The fourth-order valence-corrected chi connectivity index (χ4v) is 4.75. The molecule has 0 bridgehead atoms. The van der Waals surface area contributed by atoms with Crippen LogP contribution < -0.4 is 4.90 Å². The van der Waals surface area contributed by atoms with Crippen LogP contribution >= 0.6 is 11.8 Å². The highest BCUT2D eigenvalue weighted by atomic mass is 32.2. The van der Waals surface area contributed by atoms with Gasteiger partial charge in [-0.3, -0.25) is 9.36 Å². The first-order valence-electron chi connectivity index (χ1n) is 10.4. The van der Waals surface area contributed by atoms with E-state index in [-0.39, 0.29) is 11.2 Å². The summed E-state index contributed by atoms with van der Waals surface area (Å²) in [6.07, 6.45) is 3.62. The number of benzene rings is 1. The van der Waals surface area contributed by atoms with Crippen molar-refractivity contribution in [3.63, 3.8) is 0 Å². The van der Waals surface area contributed by atoms with Gasteiger partial charge in [-0.25, -0.2) is 0 Å². The van der Waals surface area contributed by atoms with Gasteiger partial charge in [0.15, 0.2) is 5.16 Å². The van der Waals surface area contributed by atoms with Crippen molar-refractivity contribution in [2.75, 3.05) is 44.3 Å². The maximum absolute atomic E-state index is 12.9. The molecule has 0 aliphatic carbocycles. The van der Waals surface area contributed by atoms with Crippen LogP contribution in [0.1, 0.15) is 31.7 Å². The number of hydrogen-bond acceptors (Lipinski definition) is 6. The van der Waals surface area contributed by atoms with Gasteiger partial charge in [0.2, 0.25) is 11.9 Å². The molecule has 2 aliphatic rings. The van der Waals surface area contributed by atoms with E-state index in [1.807, 2.05) is 11.8 Å². The van der Waals surface area contributed by atoms with Crippen LogP contribution in [-0.4, -0.2) is 70.2 Å². The highest BCUT2D eigenvalue weighted by molar-refractivity contribution is 8.00. The molecule has 29 heavy (non-hydrogen) atoms. The maximum atomic E-state index is 12.9. The minimum absolute atomic E-state index is 0.135. The topological polar surface area (TPSA) is 63.5 Å². The summed E-state index contributed by atoms with van der Waals surface area (Å²) in [7, 11) is 0. The molecule has 2 saturated heterocycles. The monoisotopic (exact) mass is 415 g/mol. The number of hydrogen-bond donors (Lipinski definition) is 0. The van der Waals surface area contributed by atoms with Crippen LogP contribution in [0.2, 0.25) is 0 Å². The van der Waals surface area contributed by atoms with E-state index in [9.17, 15) is 4.79 Å². The highest BCUT2D eigenvalue weighted by Gasteiger charge is 2.27. The molecule has 0 spiro atoms. The fraction of sp³-hybridized carbons (Fsp3) is 0.571. The summed E-state index contributed by atoms with van der Waals surface area (Å²) in [5.74, 6) is 1.01. The third-order valence-corrected chi connectivity index (χ3v) is 6.53. The number of carbonyl (C=O) groups excluding carboxylic acids is 1. The Morgan fingerprint density at radius 1 is 1.03 bits per heavy atom. The van der Waals surface area contributed by atoms with Crippen molar-refractivity contribution in [1.82, 2.24) is 19.7 Å². The molecule has 0 radical (unpaired) electrons. The summed E-state index contributed by atoms with van der Waals surface area (Å²) < 4.78 is 7.48. The first-order chi connectivity index (χ1) is 14.1. The third-order valence-electron chi connectivity index (χ3n) is 5.50. The zero-order valence-corrected chi connectivity index (χ0v) is 18.0. The number of piperidine rings is 1. The van der Waals surface area contributed by atoms with Crippen LogP contribution in [0.15, 0.2) is 29.4 Å². The summed E-state index contributed by atoms with van der Waals surface area (Å²) in [6, 6.07) is 8.41. The molecule has 156 valence electrons. The van der Waals surface area contributed by atoms with E-state index in [0.717, 1.165) is 29.9 Å². The lowest BCUT2D eigenvalue weighted by Gasteiger charge is -2.29. The van der Waals surface area contributed by atoms with Gasteiger partial charge in [0.25, 0.3) is 0 Å². The number of morpholine rings is 1. The molecule has 0 saturated carbocycles. The molecule has 8 heteroatoms. The molecule has 1 amide bonds. The molecule has 2 aromatic rings. The van der Waals surface area contributed by atoms with Crippen LogP contribution in [0.3, 0.4) is 0 Å². The molecular weight excluding hydrogens is 386 g/mol. The molecule has 2 fully saturated rings. The van der Waals surface area contributed by atoms with Crippen molar-refractivity contribution in [2.45, 2.75) is 43.5 Å². The Labute approximate surface area is 176 Å². The molecule has 3 heterocycles. The van der Waals surface area contributed by atoms with Crippen molar-refractivity contribution in [2.24, 2.45) is 0 Å². The molecule has 7 nitrogen and oxygen atoms in total. The summed E-state index contributed by atoms with van der Waals surface area (Å²) in [4.78, 5) is 17.1. The SMILES string of the molecule is Cc1ccc(-n2c(SC(C)C(=O)N3CCOCC3)nnc2N2CCCCC2)cc1. The smallest absolute Gasteiger partial charge is 0.236 e. The van der Waals surface area contributed by atoms with Gasteiger partial charge in [0.05, 0.1) is 24.2 Å².